The van der Waals surface area contributed by atoms with Gasteiger partial charge in [0.2, 0.25) is 5.91 Å². The van der Waals surface area contributed by atoms with Gasteiger partial charge in [-0.15, -0.1) is 0 Å². The Labute approximate surface area is 179 Å². The van der Waals surface area contributed by atoms with E-state index in [0.717, 1.165) is 30.9 Å². The van der Waals surface area contributed by atoms with Crippen LogP contribution in [0.2, 0.25) is 0 Å². The zero-order valence-electron chi connectivity index (χ0n) is 18.3. The second-order valence-electron chi connectivity index (χ2n) is 7.88. The number of anilines is 1. The van der Waals surface area contributed by atoms with Crippen molar-refractivity contribution >= 4 is 17.6 Å². The number of para-hydroxylation sites is 1. The molecular weight excluding hydrogens is 376 g/mol. The number of likely N-dealkylation sites (tertiary alicyclic amines) is 1. The van der Waals surface area contributed by atoms with Crippen LogP contribution >= 0.6 is 0 Å². The summed E-state index contributed by atoms with van der Waals surface area (Å²) in [5.74, 6) is -0.344. The Balaban J connectivity index is 1.92. The molecule has 5 heteroatoms. The van der Waals surface area contributed by atoms with E-state index in [1.165, 1.54) is 5.56 Å². The first kappa shape index (κ1) is 22.0. The summed E-state index contributed by atoms with van der Waals surface area (Å²) in [5.41, 5.74) is 2.06. The standard InChI is InChI=1S/C25H32N2O3/c1-4-23(28)27(22-14-10-9-11-20(22)3)25(24(29)30-5-2)15-17-26(18-16-25)19-21-12-7-6-8-13-21/h6-14H,4-5,15-19H2,1-3H3. The molecule has 0 spiro atoms. The molecule has 0 aromatic heterocycles. The van der Waals surface area contributed by atoms with E-state index >= 15 is 0 Å². The maximum Gasteiger partial charge on any atom is 0.332 e. The lowest BCUT2D eigenvalue weighted by molar-refractivity contribution is -0.153. The molecule has 2 aromatic rings. The van der Waals surface area contributed by atoms with E-state index in [2.05, 4.69) is 17.0 Å². The summed E-state index contributed by atoms with van der Waals surface area (Å²) in [6.07, 6.45) is 1.45. The molecule has 160 valence electrons. The number of benzene rings is 2. The second kappa shape index (κ2) is 9.90. The Hall–Kier alpha value is -2.66. The van der Waals surface area contributed by atoms with Crippen LogP contribution in [0.1, 0.15) is 44.2 Å². The summed E-state index contributed by atoms with van der Waals surface area (Å²) in [6, 6.07) is 18.1. The van der Waals surface area contributed by atoms with Crippen LogP contribution in [0.15, 0.2) is 54.6 Å². The average molecular weight is 409 g/mol. The van der Waals surface area contributed by atoms with Gasteiger partial charge in [-0.2, -0.15) is 0 Å². The quantitative estimate of drug-likeness (QED) is 0.640. The highest BCUT2D eigenvalue weighted by atomic mass is 16.5. The van der Waals surface area contributed by atoms with Gasteiger partial charge in [-0.05, 0) is 43.9 Å². The van der Waals surface area contributed by atoms with Crippen molar-refractivity contribution in [2.24, 2.45) is 0 Å². The lowest BCUT2D eigenvalue weighted by Crippen LogP contribution is -2.62. The Morgan fingerprint density at radius 2 is 1.63 bits per heavy atom. The van der Waals surface area contributed by atoms with Gasteiger partial charge in [0.1, 0.15) is 5.54 Å². The molecule has 1 aliphatic rings. The fraction of sp³-hybridized carbons (Fsp3) is 0.440. The minimum absolute atomic E-state index is 0.0473. The van der Waals surface area contributed by atoms with Crippen LogP contribution < -0.4 is 4.90 Å². The molecule has 0 atom stereocenters. The molecule has 0 saturated carbocycles. The number of ether oxygens (including phenoxy) is 1. The van der Waals surface area contributed by atoms with Crippen LogP contribution in [0.4, 0.5) is 5.69 Å². The molecule has 1 amide bonds. The van der Waals surface area contributed by atoms with E-state index < -0.39 is 5.54 Å². The first-order chi connectivity index (χ1) is 14.5. The van der Waals surface area contributed by atoms with Gasteiger partial charge in [-0.1, -0.05) is 55.5 Å². The maximum atomic E-state index is 13.3. The summed E-state index contributed by atoms with van der Waals surface area (Å²) in [7, 11) is 0. The molecule has 0 unspecified atom stereocenters. The Morgan fingerprint density at radius 1 is 1.00 bits per heavy atom. The van der Waals surface area contributed by atoms with Crippen molar-refractivity contribution < 1.29 is 14.3 Å². The average Bonchev–Trinajstić information content (AvgIpc) is 2.77. The summed E-state index contributed by atoms with van der Waals surface area (Å²) in [5, 5.41) is 0. The molecule has 1 saturated heterocycles. The third-order valence-electron chi connectivity index (χ3n) is 5.92. The SMILES string of the molecule is CCOC(=O)C1(N(C(=O)CC)c2ccccc2C)CCN(Cc2ccccc2)CC1. The van der Waals surface area contributed by atoms with Gasteiger partial charge in [0.25, 0.3) is 0 Å². The highest BCUT2D eigenvalue weighted by molar-refractivity contribution is 6.02. The third-order valence-corrected chi connectivity index (χ3v) is 5.92. The zero-order valence-corrected chi connectivity index (χ0v) is 18.3. The lowest BCUT2D eigenvalue weighted by atomic mass is 9.84. The van der Waals surface area contributed by atoms with Crippen molar-refractivity contribution in [3.8, 4) is 0 Å². The van der Waals surface area contributed by atoms with E-state index in [0.29, 0.717) is 25.9 Å². The Bertz CT molecular complexity index is 858. The van der Waals surface area contributed by atoms with Crippen LogP contribution in [0.5, 0.6) is 0 Å². The summed E-state index contributed by atoms with van der Waals surface area (Å²) in [6.45, 7) is 8.24. The largest absolute Gasteiger partial charge is 0.464 e. The fourth-order valence-corrected chi connectivity index (χ4v) is 4.28. The number of carbonyl (C=O) groups excluding carboxylic acids is 2. The Morgan fingerprint density at radius 3 is 2.23 bits per heavy atom. The monoisotopic (exact) mass is 408 g/mol. The van der Waals surface area contributed by atoms with E-state index in [1.54, 1.807) is 4.90 Å². The number of esters is 1. The molecule has 1 fully saturated rings. The lowest BCUT2D eigenvalue weighted by Gasteiger charge is -2.47. The predicted octanol–water partition coefficient (Wildman–Crippen LogP) is 4.34. The van der Waals surface area contributed by atoms with Crippen molar-refractivity contribution in [3.05, 3.63) is 65.7 Å². The van der Waals surface area contributed by atoms with Crippen molar-refractivity contribution in [2.75, 3.05) is 24.6 Å². The number of rotatable bonds is 7. The van der Waals surface area contributed by atoms with Gasteiger partial charge in [-0.3, -0.25) is 14.6 Å². The van der Waals surface area contributed by atoms with Crippen LogP contribution in [0.3, 0.4) is 0 Å². The Kier molecular flexibility index (Phi) is 7.27. The molecule has 0 aliphatic carbocycles. The molecule has 0 radical (unpaired) electrons. The third kappa shape index (κ3) is 4.57. The first-order valence-corrected chi connectivity index (χ1v) is 10.8. The molecule has 0 N–H and O–H groups in total. The molecule has 1 heterocycles. The van der Waals surface area contributed by atoms with Crippen LogP contribution in [-0.2, 0) is 20.9 Å². The number of hydrogen-bond acceptors (Lipinski definition) is 4. The molecule has 3 rings (SSSR count). The normalized spacial score (nSPS) is 16.1. The molecule has 0 bridgehead atoms. The highest BCUT2D eigenvalue weighted by Crippen LogP contribution is 2.37. The fourth-order valence-electron chi connectivity index (χ4n) is 4.28. The highest BCUT2D eigenvalue weighted by Gasteiger charge is 2.50. The van der Waals surface area contributed by atoms with Crippen molar-refractivity contribution in [1.29, 1.82) is 0 Å². The smallest absolute Gasteiger partial charge is 0.332 e. The van der Waals surface area contributed by atoms with E-state index in [1.807, 2.05) is 63.2 Å². The van der Waals surface area contributed by atoms with E-state index in [-0.39, 0.29) is 11.9 Å². The molecule has 1 aliphatic heterocycles. The molecular formula is C25H32N2O3. The van der Waals surface area contributed by atoms with Crippen LogP contribution in [0, 0.1) is 6.92 Å². The predicted molar refractivity (Wildman–Crippen MR) is 119 cm³/mol. The first-order valence-electron chi connectivity index (χ1n) is 10.8. The number of amides is 1. The molecule has 2 aromatic carbocycles. The summed E-state index contributed by atoms with van der Waals surface area (Å²) < 4.78 is 5.52. The number of hydrogen-bond donors (Lipinski definition) is 0. The minimum atomic E-state index is -0.970. The summed E-state index contributed by atoms with van der Waals surface area (Å²) >= 11 is 0. The minimum Gasteiger partial charge on any atom is -0.464 e. The number of piperidine rings is 1. The zero-order chi connectivity index (χ0) is 21.6. The summed E-state index contributed by atoms with van der Waals surface area (Å²) in [4.78, 5) is 30.5. The van der Waals surface area contributed by atoms with Crippen LogP contribution in [0.25, 0.3) is 0 Å². The topological polar surface area (TPSA) is 49.9 Å². The maximum absolute atomic E-state index is 13.3. The molecule has 5 nitrogen and oxygen atoms in total. The number of aryl methyl sites for hydroxylation is 1. The van der Waals surface area contributed by atoms with Gasteiger partial charge >= 0.3 is 5.97 Å². The van der Waals surface area contributed by atoms with Gasteiger partial charge < -0.3 is 4.74 Å². The van der Waals surface area contributed by atoms with Gasteiger partial charge in [-0.25, -0.2) is 4.79 Å². The molecule has 30 heavy (non-hydrogen) atoms. The van der Waals surface area contributed by atoms with Crippen molar-refractivity contribution in [2.45, 2.75) is 52.1 Å². The number of nitrogens with zero attached hydrogens (tertiary/aromatic N) is 2. The van der Waals surface area contributed by atoms with Gasteiger partial charge in [0.05, 0.1) is 6.61 Å². The second-order valence-corrected chi connectivity index (χ2v) is 7.88. The van der Waals surface area contributed by atoms with Gasteiger partial charge in [0, 0.05) is 31.7 Å². The van der Waals surface area contributed by atoms with Gasteiger partial charge in [0.15, 0.2) is 0 Å². The van der Waals surface area contributed by atoms with Crippen molar-refractivity contribution in [3.63, 3.8) is 0 Å². The van der Waals surface area contributed by atoms with Crippen molar-refractivity contribution in [1.82, 2.24) is 4.90 Å². The number of carbonyl (C=O) groups is 2. The van der Waals surface area contributed by atoms with E-state index in [9.17, 15) is 9.59 Å². The van der Waals surface area contributed by atoms with Crippen LogP contribution in [-0.4, -0.2) is 42.0 Å². The van der Waals surface area contributed by atoms with E-state index in [4.69, 9.17) is 4.74 Å².